The molecular formula is C15H29BN2O3. The summed E-state index contributed by atoms with van der Waals surface area (Å²) < 4.78 is 12.0. The molecule has 21 heavy (non-hydrogen) atoms. The van der Waals surface area contributed by atoms with E-state index in [-0.39, 0.29) is 17.1 Å². The van der Waals surface area contributed by atoms with Crippen molar-refractivity contribution in [3.63, 3.8) is 0 Å². The van der Waals surface area contributed by atoms with Gasteiger partial charge in [-0.25, -0.2) is 0 Å². The van der Waals surface area contributed by atoms with E-state index in [2.05, 4.69) is 11.8 Å². The van der Waals surface area contributed by atoms with Crippen molar-refractivity contribution in [1.29, 1.82) is 0 Å². The maximum atomic E-state index is 9.95. The van der Waals surface area contributed by atoms with Crippen LogP contribution in [-0.4, -0.2) is 47.8 Å². The van der Waals surface area contributed by atoms with Gasteiger partial charge in [0.15, 0.2) is 0 Å². The molecule has 0 aromatic carbocycles. The highest BCUT2D eigenvalue weighted by Crippen LogP contribution is 2.38. The molecule has 0 amide bonds. The largest absolute Gasteiger partial charge is 0.491 e. The number of allylic oxidation sites excluding steroid dienone is 1. The fraction of sp³-hybridized carbons (Fsp3) is 0.800. The molecule has 6 heteroatoms. The summed E-state index contributed by atoms with van der Waals surface area (Å²) in [6.07, 6.45) is 1.36. The van der Waals surface area contributed by atoms with E-state index in [9.17, 15) is 5.11 Å². The second-order valence-electron chi connectivity index (χ2n) is 7.04. The minimum atomic E-state index is -0.460. The lowest BCUT2D eigenvalue weighted by Gasteiger charge is -2.32. The topological polar surface area (TPSA) is 54.3 Å². The van der Waals surface area contributed by atoms with Crippen LogP contribution >= 0.6 is 0 Å². The van der Waals surface area contributed by atoms with Crippen molar-refractivity contribution < 1.29 is 14.4 Å². The number of hydrogen-bond donors (Lipinski definition) is 1. The Kier molecular flexibility index (Phi) is 5.64. The first-order chi connectivity index (χ1) is 9.50. The first-order valence-corrected chi connectivity index (χ1v) is 7.45. The molecule has 1 unspecified atom stereocenters. The molecule has 0 saturated carbocycles. The predicted octanol–water partition coefficient (Wildman–Crippen LogP) is 2.46. The van der Waals surface area contributed by atoms with Crippen LogP contribution in [0.5, 0.6) is 0 Å². The summed E-state index contributed by atoms with van der Waals surface area (Å²) in [4.78, 5) is 0. The van der Waals surface area contributed by atoms with Gasteiger partial charge in [0, 0.05) is 12.9 Å². The van der Waals surface area contributed by atoms with Gasteiger partial charge in [0.05, 0.1) is 23.9 Å². The third-order valence-corrected chi connectivity index (χ3v) is 4.30. The van der Waals surface area contributed by atoms with Gasteiger partial charge >= 0.3 is 7.12 Å². The Morgan fingerprint density at radius 3 is 2.14 bits per heavy atom. The minimum Gasteiger partial charge on any atom is -0.400 e. The smallest absolute Gasteiger partial charge is 0.400 e. The van der Waals surface area contributed by atoms with Crippen LogP contribution < -0.4 is 0 Å². The van der Waals surface area contributed by atoms with Crippen LogP contribution in [-0.2, 0) is 9.31 Å². The lowest BCUT2D eigenvalue weighted by atomic mass is 9.80. The zero-order valence-corrected chi connectivity index (χ0v) is 14.4. The molecule has 0 aromatic rings. The average molecular weight is 296 g/mol. The number of aliphatic hydroxyl groups is 1. The average Bonchev–Trinajstić information content (AvgIpc) is 2.57. The van der Waals surface area contributed by atoms with Crippen LogP contribution in [0.4, 0.5) is 0 Å². The zero-order valence-electron chi connectivity index (χ0n) is 14.4. The summed E-state index contributed by atoms with van der Waals surface area (Å²) in [5, 5.41) is 15.5. The number of nitrogens with zero attached hydrogens (tertiary/aromatic N) is 2. The fourth-order valence-corrected chi connectivity index (χ4v) is 1.88. The molecule has 1 aliphatic heterocycles. The van der Waals surface area contributed by atoms with Crippen LogP contribution in [0.15, 0.2) is 16.8 Å². The molecule has 1 heterocycles. The summed E-state index contributed by atoms with van der Waals surface area (Å²) in [6.45, 7) is 17.9. The molecule has 0 spiro atoms. The fourth-order valence-electron chi connectivity index (χ4n) is 1.88. The highest BCUT2D eigenvalue weighted by atomic mass is 16.7. The van der Waals surface area contributed by atoms with Crippen molar-refractivity contribution in [2.45, 2.75) is 65.8 Å². The van der Waals surface area contributed by atoms with Crippen LogP contribution in [0.2, 0.25) is 0 Å². The Morgan fingerprint density at radius 1 is 1.29 bits per heavy atom. The maximum absolute atomic E-state index is 9.95. The number of hydrogen-bond acceptors (Lipinski definition) is 5. The van der Waals surface area contributed by atoms with Gasteiger partial charge < -0.3 is 14.4 Å². The van der Waals surface area contributed by atoms with Crippen LogP contribution in [0.1, 0.15) is 48.5 Å². The van der Waals surface area contributed by atoms with Crippen molar-refractivity contribution in [3.05, 3.63) is 11.7 Å². The molecule has 0 radical (unpaired) electrons. The van der Waals surface area contributed by atoms with E-state index in [0.717, 1.165) is 5.47 Å². The summed E-state index contributed by atoms with van der Waals surface area (Å²) in [6, 6.07) is 0. The first kappa shape index (κ1) is 18.2. The molecule has 0 bridgehead atoms. The molecule has 1 atom stereocenters. The Bertz CT molecular complexity index is 392. The number of hydrazone groups is 1. The molecule has 1 N–H and O–H groups in total. The van der Waals surface area contributed by atoms with Gasteiger partial charge in [0.1, 0.15) is 0 Å². The molecular weight excluding hydrogens is 267 g/mol. The molecule has 120 valence electrons. The molecule has 5 nitrogen and oxygen atoms in total. The molecule has 0 aliphatic carbocycles. The van der Waals surface area contributed by atoms with E-state index in [1.807, 2.05) is 54.7 Å². The van der Waals surface area contributed by atoms with Crippen molar-refractivity contribution in [2.24, 2.45) is 11.0 Å². The molecule has 1 rings (SSSR count). The lowest BCUT2D eigenvalue weighted by molar-refractivity contribution is 0.00578. The highest BCUT2D eigenvalue weighted by Gasteiger charge is 2.51. The summed E-state index contributed by atoms with van der Waals surface area (Å²) >= 11 is 0. The Hall–Kier alpha value is -0.845. The maximum Gasteiger partial charge on any atom is 0.491 e. The Balaban J connectivity index is 2.78. The van der Waals surface area contributed by atoms with Crippen LogP contribution in [0, 0.1) is 5.92 Å². The number of aliphatic hydroxyl groups excluding tert-OH is 1. The van der Waals surface area contributed by atoms with Gasteiger partial charge in [-0.1, -0.05) is 13.8 Å². The van der Waals surface area contributed by atoms with Crippen LogP contribution in [0.3, 0.4) is 0 Å². The van der Waals surface area contributed by atoms with E-state index in [4.69, 9.17) is 9.31 Å². The van der Waals surface area contributed by atoms with Crippen molar-refractivity contribution in [3.8, 4) is 0 Å². The van der Waals surface area contributed by atoms with E-state index in [1.165, 1.54) is 0 Å². The van der Waals surface area contributed by atoms with Gasteiger partial charge in [-0.05, 0) is 46.0 Å². The second-order valence-corrected chi connectivity index (χ2v) is 7.04. The summed E-state index contributed by atoms with van der Waals surface area (Å²) in [5.74, 6) is 0.166. The van der Waals surface area contributed by atoms with Gasteiger partial charge in [0.2, 0.25) is 0 Å². The van der Waals surface area contributed by atoms with Crippen molar-refractivity contribution >= 4 is 13.8 Å². The van der Waals surface area contributed by atoms with Crippen molar-refractivity contribution in [1.82, 2.24) is 5.01 Å². The van der Waals surface area contributed by atoms with Crippen LogP contribution in [0.25, 0.3) is 0 Å². The Labute approximate surface area is 129 Å². The van der Waals surface area contributed by atoms with Crippen molar-refractivity contribution in [2.75, 3.05) is 6.54 Å². The third-order valence-electron chi connectivity index (χ3n) is 4.30. The molecule has 1 aliphatic rings. The van der Waals surface area contributed by atoms with E-state index in [0.29, 0.717) is 6.54 Å². The van der Waals surface area contributed by atoms with Gasteiger partial charge in [-0.2, -0.15) is 5.10 Å². The monoisotopic (exact) mass is 296 g/mol. The van der Waals surface area contributed by atoms with E-state index >= 15 is 0 Å². The highest BCUT2D eigenvalue weighted by molar-refractivity contribution is 6.54. The van der Waals surface area contributed by atoms with E-state index in [1.54, 1.807) is 5.01 Å². The number of rotatable bonds is 6. The predicted molar refractivity (Wildman–Crippen MR) is 86.9 cm³/mol. The van der Waals surface area contributed by atoms with Gasteiger partial charge in [-0.3, -0.25) is 5.01 Å². The third kappa shape index (κ3) is 4.31. The molecule has 1 saturated heterocycles. The second kappa shape index (κ2) is 6.50. The lowest BCUT2D eigenvalue weighted by Crippen LogP contribution is -2.41. The SMILES string of the molecule is C=NN(/C=C(\C)B1OC(C)(C)C(C)(C)O1)CC(O)C(C)C. The minimum absolute atomic E-state index is 0.166. The summed E-state index contributed by atoms with van der Waals surface area (Å²) in [7, 11) is -0.407. The normalized spacial score (nSPS) is 22.5. The Morgan fingerprint density at radius 2 is 1.76 bits per heavy atom. The molecule has 1 fully saturated rings. The van der Waals surface area contributed by atoms with E-state index < -0.39 is 13.2 Å². The standard InChI is InChI=1S/C15H29BN2O3/c1-11(2)13(19)10-18(17-8)9-12(3)16-20-14(4,5)15(6,7)21-16/h9,11,13,19H,8,10H2,1-7H3/b12-9+. The van der Waals surface area contributed by atoms with Gasteiger partial charge in [0.25, 0.3) is 0 Å². The molecule has 0 aromatic heterocycles. The quantitative estimate of drug-likeness (QED) is 0.465. The first-order valence-electron chi connectivity index (χ1n) is 7.45. The zero-order chi connectivity index (χ0) is 16.4. The van der Waals surface area contributed by atoms with Gasteiger partial charge in [-0.15, -0.1) is 0 Å². The summed E-state index contributed by atoms with van der Waals surface area (Å²) in [5.41, 5.74) is 0.171.